The Balaban J connectivity index is 1.61. The van der Waals surface area contributed by atoms with E-state index in [1.165, 1.54) is 5.56 Å². The van der Waals surface area contributed by atoms with Crippen LogP contribution in [0.2, 0.25) is 5.02 Å². The molecule has 0 spiro atoms. The van der Waals surface area contributed by atoms with E-state index in [0.29, 0.717) is 11.9 Å². The lowest BCUT2D eigenvalue weighted by Gasteiger charge is -2.47. The van der Waals surface area contributed by atoms with Gasteiger partial charge in [0, 0.05) is 36.8 Å². The summed E-state index contributed by atoms with van der Waals surface area (Å²) in [6.45, 7) is 2.83. The molecule has 1 aromatic carbocycles. The van der Waals surface area contributed by atoms with Crippen molar-refractivity contribution in [2.24, 2.45) is 0 Å². The largest absolute Gasteiger partial charge is 0.396 e. The number of anilines is 2. The molecule has 1 aliphatic rings. The molecular formula is C18H27ClN6O. The normalized spacial score (nSPS) is 17.0. The minimum Gasteiger partial charge on any atom is -0.396 e. The molecule has 26 heavy (non-hydrogen) atoms. The maximum absolute atomic E-state index is 9.63. The Morgan fingerprint density at radius 3 is 2.58 bits per heavy atom. The molecule has 142 valence electrons. The molecule has 3 rings (SSSR count). The fraction of sp³-hybridized carbons (Fsp3) is 0.556. The number of aliphatic hydroxyl groups excluding tert-OH is 1. The van der Waals surface area contributed by atoms with Crippen molar-refractivity contribution >= 4 is 23.5 Å². The van der Waals surface area contributed by atoms with Crippen LogP contribution in [0.4, 0.5) is 11.9 Å². The highest BCUT2D eigenvalue weighted by atomic mass is 35.5. The molecule has 0 bridgehead atoms. The molecule has 1 fully saturated rings. The van der Waals surface area contributed by atoms with E-state index in [4.69, 9.17) is 17.3 Å². The van der Waals surface area contributed by atoms with E-state index >= 15 is 0 Å². The van der Waals surface area contributed by atoms with E-state index in [1.54, 1.807) is 0 Å². The van der Waals surface area contributed by atoms with Gasteiger partial charge < -0.3 is 20.6 Å². The van der Waals surface area contributed by atoms with E-state index in [9.17, 15) is 5.11 Å². The summed E-state index contributed by atoms with van der Waals surface area (Å²) in [6, 6.07) is 8.01. The predicted octanol–water partition coefficient (Wildman–Crippen LogP) is 1.94. The first-order valence-electron chi connectivity index (χ1n) is 9.02. The van der Waals surface area contributed by atoms with Crippen molar-refractivity contribution < 1.29 is 5.11 Å². The van der Waals surface area contributed by atoms with Crippen molar-refractivity contribution in [2.75, 3.05) is 43.9 Å². The van der Waals surface area contributed by atoms with Crippen LogP contribution in [0.3, 0.4) is 0 Å². The Bertz CT molecular complexity index is 696. The molecule has 0 amide bonds. The highest BCUT2D eigenvalue weighted by molar-refractivity contribution is 6.30. The Morgan fingerprint density at radius 2 is 2.00 bits per heavy atom. The van der Waals surface area contributed by atoms with Crippen molar-refractivity contribution in [3.8, 4) is 0 Å². The van der Waals surface area contributed by atoms with Gasteiger partial charge in [-0.2, -0.15) is 4.98 Å². The summed E-state index contributed by atoms with van der Waals surface area (Å²) >= 11 is 5.96. The molecule has 0 saturated carbocycles. The van der Waals surface area contributed by atoms with Gasteiger partial charge in [0.15, 0.2) is 0 Å². The first kappa shape index (κ1) is 18.9. The Kier molecular flexibility index (Phi) is 6.01. The lowest BCUT2D eigenvalue weighted by atomic mass is 9.83. The number of rotatable bonds is 7. The number of nitrogens with two attached hydrogens (primary N) is 1. The van der Waals surface area contributed by atoms with Gasteiger partial charge in [0.05, 0.1) is 0 Å². The number of aliphatic hydroxyl groups is 1. The number of aromatic nitrogens is 3. The second-order valence-corrected chi connectivity index (χ2v) is 7.44. The minimum absolute atomic E-state index is 0.000469. The van der Waals surface area contributed by atoms with Crippen LogP contribution < -0.4 is 10.6 Å². The summed E-state index contributed by atoms with van der Waals surface area (Å²) in [7, 11) is 2.16. The van der Waals surface area contributed by atoms with Crippen LogP contribution in [0.25, 0.3) is 0 Å². The third-order valence-electron chi connectivity index (χ3n) is 5.50. The number of hydrogen-bond acceptors (Lipinski definition) is 6. The van der Waals surface area contributed by atoms with Gasteiger partial charge >= 0.3 is 0 Å². The number of aromatic amines is 1. The number of H-pyrrole nitrogens is 1. The van der Waals surface area contributed by atoms with Crippen LogP contribution in [0.15, 0.2) is 24.3 Å². The summed E-state index contributed by atoms with van der Waals surface area (Å²) in [5, 5.41) is 17.2. The molecule has 0 aliphatic carbocycles. The van der Waals surface area contributed by atoms with Crippen LogP contribution in [0.5, 0.6) is 0 Å². The van der Waals surface area contributed by atoms with E-state index < -0.39 is 0 Å². The highest BCUT2D eigenvalue weighted by Gasteiger charge is 2.38. The summed E-state index contributed by atoms with van der Waals surface area (Å²) in [6.07, 6.45) is 3.65. The summed E-state index contributed by atoms with van der Waals surface area (Å²) < 4.78 is 0. The molecule has 1 aromatic heterocycles. The van der Waals surface area contributed by atoms with Crippen molar-refractivity contribution in [1.82, 2.24) is 20.1 Å². The molecule has 0 atom stereocenters. The van der Waals surface area contributed by atoms with Gasteiger partial charge in [-0.1, -0.05) is 23.7 Å². The fourth-order valence-electron chi connectivity index (χ4n) is 3.75. The average Bonchev–Trinajstić information content (AvgIpc) is 3.08. The van der Waals surface area contributed by atoms with Crippen LogP contribution >= 0.6 is 11.6 Å². The highest BCUT2D eigenvalue weighted by Crippen LogP contribution is 2.32. The number of benzene rings is 1. The zero-order chi connectivity index (χ0) is 18.6. The molecule has 0 radical (unpaired) electrons. The second-order valence-electron chi connectivity index (χ2n) is 7.00. The number of nitrogens with zero attached hydrogens (tertiary/aromatic N) is 4. The fourth-order valence-corrected chi connectivity index (χ4v) is 3.87. The third kappa shape index (κ3) is 4.28. The maximum atomic E-state index is 9.63. The van der Waals surface area contributed by atoms with Crippen molar-refractivity contribution in [3.05, 3.63) is 34.9 Å². The van der Waals surface area contributed by atoms with Crippen molar-refractivity contribution in [3.63, 3.8) is 0 Å². The van der Waals surface area contributed by atoms with Gasteiger partial charge in [0.2, 0.25) is 11.9 Å². The van der Waals surface area contributed by atoms with Crippen LogP contribution in [-0.2, 0) is 6.42 Å². The number of hydrogen-bond donors (Lipinski definition) is 3. The number of piperidine rings is 1. The number of nitrogen functional groups attached to an aromatic ring is 1. The molecule has 2 aromatic rings. The Morgan fingerprint density at radius 1 is 1.31 bits per heavy atom. The quantitative estimate of drug-likeness (QED) is 0.681. The van der Waals surface area contributed by atoms with Crippen molar-refractivity contribution in [1.29, 1.82) is 0 Å². The zero-order valence-corrected chi connectivity index (χ0v) is 15.9. The summed E-state index contributed by atoms with van der Waals surface area (Å²) in [5.41, 5.74) is 6.91. The van der Waals surface area contributed by atoms with Gasteiger partial charge in [-0.25, -0.2) is 5.10 Å². The van der Waals surface area contributed by atoms with Crippen LogP contribution in [0, 0.1) is 0 Å². The molecule has 2 heterocycles. The summed E-state index contributed by atoms with van der Waals surface area (Å²) in [5.74, 6) is 0.996. The topological polar surface area (TPSA) is 94.3 Å². The zero-order valence-electron chi connectivity index (χ0n) is 15.2. The second kappa shape index (κ2) is 8.24. The van der Waals surface area contributed by atoms with Gasteiger partial charge in [0.25, 0.3) is 0 Å². The van der Waals surface area contributed by atoms with Gasteiger partial charge in [-0.15, -0.1) is 5.10 Å². The number of nitrogens with one attached hydrogen (secondary N) is 1. The third-order valence-corrected chi connectivity index (χ3v) is 5.76. The van der Waals surface area contributed by atoms with Gasteiger partial charge in [0.1, 0.15) is 0 Å². The molecule has 7 nitrogen and oxygen atoms in total. The number of halogens is 1. The lowest BCUT2D eigenvalue weighted by molar-refractivity contribution is 0.0608. The molecule has 1 aliphatic heterocycles. The van der Waals surface area contributed by atoms with E-state index in [-0.39, 0.29) is 12.1 Å². The standard InChI is InChI=1S/C18H27ClN6O/c1-24(10-6-14-2-4-15(19)5-3-14)18(9-13-26)7-11-25(12-8-18)17-21-16(20)22-23-17/h2-5,26H,6-13H2,1H3,(H3,20,21,22,23). The average molecular weight is 379 g/mol. The SMILES string of the molecule is CN(CCc1ccc(Cl)cc1)C1(CCO)CCN(c2n[nH]c(N)n2)CC1. The number of likely N-dealkylation sites (N-methyl/N-ethyl adjacent to an activating group) is 1. The Labute approximate surface area is 159 Å². The molecule has 8 heteroatoms. The van der Waals surface area contributed by atoms with Crippen molar-refractivity contribution in [2.45, 2.75) is 31.2 Å². The van der Waals surface area contributed by atoms with E-state index in [0.717, 1.165) is 50.3 Å². The van der Waals surface area contributed by atoms with Gasteiger partial charge in [-0.05, 0) is 50.4 Å². The monoisotopic (exact) mass is 378 g/mol. The Hall–Kier alpha value is -1.83. The molecule has 1 saturated heterocycles. The first-order chi connectivity index (χ1) is 12.5. The first-order valence-corrected chi connectivity index (χ1v) is 9.39. The van der Waals surface area contributed by atoms with Crippen LogP contribution in [-0.4, -0.2) is 64.0 Å². The molecule has 4 N–H and O–H groups in total. The van der Waals surface area contributed by atoms with Gasteiger partial charge in [-0.3, -0.25) is 0 Å². The van der Waals surface area contributed by atoms with E-state index in [2.05, 4.69) is 44.2 Å². The smallest absolute Gasteiger partial charge is 0.246 e. The predicted molar refractivity (Wildman–Crippen MR) is 104 cm³/mol. The summed E-state index contributed by atoms with van der Waals surface area (Å²) in [4.78, 5) is 8.77. The molecular weight excluding hydrogens is 352 g/mol. The van der Waals surface area contributed by atoms with E-state index in [1.807, 2.05) is 12.1 Å². The maximum Gasteiger partial charge on any atom is 0.246 e. The lowest BCUT2D eigenvalue weighted by Crippen LogP contribution is -2.55. The molecule has 0 unspecified atom stereocenters. The minimum atomic E-state index is -0.000469. The van der Waals surface area contributed by atoms with Crippen LogP contribution in [0.1, 0.15) is 24.8 Å².